The molecule has 0 aliphatic heterocycles. The van der Waals surface area contributed by atoms with Crippen molar-refractivity contribution in [1.29, 1.82) is 0 Å². The summed E-state index contributed by atoms with van der Waals surface area (Å²) in [7, 11) is 0. The molecule has 2 unspecified atom stereocenters. The number of rotatable bonds is 5. The molecule has 90 valence electrons. The molecular formula is C13H20ClNO. The Morgan fingerprint density at radius 3 is 2.56 bits per heavy atom. The van der Waals surface area contributed by atoms with Gasteiger partial charge < -0.3 is 10.8 Å². The van der Waals surface area contributed by atoms with E-state index in [1.165, 1.54) is 0 Å². The maximum absolute atomic E-state index is 10.1. The smallest absolute Gasteiger partial charge is 0.0623 e. The van der Waals surface area contributed by atoms with Crippen LogP contribution in [-0.2, 0) is 6.42 Å². The van der Waals surface area contributed by atoms with Crippen molar-refractivity contribution in [2.24, 2.45) is 17.6 Å². The molecule has 0 aromatic heterocycles. The van der Waals surface area contributed by atoms with Gasteiger partial charge in [-0.15, -0.1) is 0 Å². The number of nitrogens with two attached hydrogens (primary N) is 1. The molecule has 16 heavy (non-hydrogen) atoms. The predicted molar refractivity (Wildman–Crippen MR) is 68.5 cm³/mol. The average Bonchev–Trinajstić information content (AvgIpc) is 2.17. The topological polar surface area (TPSA) is 46.2 Å². The molecule has 1 rings (SSSR count). The van der Waals surface area contributed by atoms with Crippen molar-refractivity contribution < 1.29 is 5.11 Å². The summed E-state index contributed by atoms with van der Waals surface area (Å²) in [5.41, 5.74) is 6.73. The Hall–Kier alpha value is -0.570. The maximum atomic E-state index is 10.1. The van der Waals surface area contributed by atoms with Crippen molar-refractivity contribution in [3.63, 3.8) is 0 Å². The van der Waals surface area contributed by atoms with E-state index in [9.17, 15) is 5.11 Å². The lowest BCUT2D eigenvalue weighted by molar-refractivity contribution is 0.0863. The number of benzene rings is 1. The Morgan fingerprint density at radius 2 is 2.06 bits per heavy atom. The number of hydrogen-bond acceptors (Lipinski definition) is 2. The number of aliphatic hydroxyl groups excluding tert-OH is 1. The van der Waals surface area contributed by atoms with Crippen molar-refractivity contribution in [2.75, 3.05) is 6.54 Å². The monoisotopic (exact) mass is 241 g/mol. The molecule has 3 heteroatoms. The predicted octanol–water partition coefficient (Wildman–Crippen LogP) is 2.47. The van der Waals surface area contributed by atoms with Gasteiger partial charge in [-0.05, 0) is 42.5 Å². The molecule has 2 atom stereocenters. The Kier molecular flexibility index (Phi) is 5.26. The molecule has 0 aliphatic carbocycles. The lowest BCUT2D eigenvalue weighted by Gasteiger charge is -2.25. The van der Waals surface area contributed by atoms with Crippen molar-refractivity contribution in [3.8, 4) is 0 Å². The minimum absolute atomic E-state index is 0.138. The van der Waals surface area contributed by atoms with Gasteiger partial charge in [0.2, 0.25) is 0 Å². The Labute approximate surface area is 102 Å². The third kappa shape index (κ3) is 3.78. The van der Waals surface area contributed by atoms with E-state index in [2.05, 4.69) is 13.8 Å². The van der Waals surface area contributed by atoms with E-state index >= 15 is 0 Å². The molecule has 0 fully saturated rings. The highest BCUT2D eigenvalue weighted by atomic mass is 35.5. The highest BCUT2D eigenvalue weighted by molar-refractivity contribution is 6.30. The summed E-state index contributed by atoms with van der Waals surface area (Å²) in [5.74, 6) is 0.526. The second kappa shape index (κ2) is 6.24. The van der Waals surface area contributed by atoms with Crippen LogP contribution < -0.4 is 5.73 Å². The average molecular weight is 242 g/mol. The first-order valence-corrected chi connectivity index (χ1v) is 6.05. The molecule has 0 saturated heterocycles. The number of hydrogen-bond donors (Lipinski definition) is 2. The van der Waals surface area contributed by atoms with Gasteiger partial charge in [-0.1, -0.05) is 37.6 Å². The van der Waals surface area contributed by atoms with Gasteiger partial charge in [0.1, 0.15) is 0 Å². The van der Waals surface area contributed by atoms with Crippen LogP contribution in [0.3, 0.4) is 0 Å². The summed E-state index contributed by atoms with van der Waals surface area (Å²) in [5, 5.41) is 10.8. The Bertz CT molecular complexity index is 327. The van der Waals surface area contributed by atoms with E-state index in [4.69, 9.17) is 17.3 Å². The van der Waals surface area contributed by atoms with Crippen molar-refractivity contribution in [3.05, 3.63) is 34.9 Å². The van der Waals surface area contributed by atoms with Crippen molar-refractivity contribution in [1.82, 2.24) is 0 Å². The molecule has 1 aromatic rings. The SMILES string of the molecule is CC(C)C(CN)C(O)Cc1cccc(Cl)c1. The van der Waals surface area contributed by atoms with Gasteiger partial charge in [0.15, 0.2) is 0 Å². The molecule has 0 spiro atoms. The largest absolute Gasteiger partial charge is 0.392 e. The highest BCUT2D eigenvalue weighted by Gasteiger charge is 2.21. The summed E-state index contributed by atoms with van der Waals surface area (Å²) >= 11 is 5.90. The van der Waals surface area contributed by atoms with Crippen LogP contribution in [0.1, 0.15) is 19.4 Å². The standard InChI is InChI=1S/C13H20ClNO/c1-9(2)12(8-15)13(16)7-10-4-3-5-11(14)6-10/h3-6,9,12-13,16H,7-8,15H2,1-2H3. The molecule has 1 aromatic carbocycles. The van der Waals surface area contributed by atoms with E-state index in [1.54, 1.807) is 0 Å². The first kappa shape index (κ1) is 13.5. The first-order chi connectivity index (χ1) is 7.54. The number of halogens is 1. The quantitative estimate of drug-likeness (QED) is 0.832. The third-order valence-electron chi connectivity index (χ3n) is 2.96. The summed E-state index contributed by atoms with van der Waals surface area (Å²) < 4.78 is 0. The van der Waals surface area contributed by atoms with Crippen LogP contribution in [0.15, 0.2) is 24.3 Å². The summed E-state index contributed by atoms with van der Waals surface area (Å²) in [4.78, 5) is 0. The van der Waals surface area contributed by atoms with Crippen LogP contribution in [0.5, 0.6) is 0 Å². The fraction of sp³-hybridized carbons (Fsp3) is 0.538. The zero-order valence-corrected chi connectivity index (χ0v) is 10.6. The van der Waals surface area contributed by atoms with Gasteiger partial charge in [0, 0.05) is 5.02 Å². The van der Waals surface area contributed by atoms with E-state index in [0.717, 1.165) is 5.56 Å². The molecule has 0 bridgehead atoms. The maximum Gasteiger partial charge on any atom is 0.0623 e. The zero-order valence-electron chi connectivity index (χ0n) is 9.86. The van der Waals surface area contributed by atoms with Gasteiger partial charge in [-0.25, -0.2) is 0 Å². The lowest BCUT2D eigenvalue weighted by Crippen LogP contribution is -2.33. The van der Waals surface area contributed by atoms with Crippen LogP contribution >= 0.6 is 11.6 Å². The van der Waals surface area contributed by atoms with Crippen LogP contribution in [-0.4, -0.2) is 17.8 Å². The Balaban J connectivity index is 2.66. The minimum Gasteiger partial charge on any atom is -0.392 e. The summed E-state index contributed by atoms with van der Waals surface area (Å²) in [6.45, 7) is 4.68. The van der Waals surface area contributed by atoms with Crippen LogP contribution in [0, 0.1) is 11.8 Å². The minimum atomic E-state index is -0.400. The van der Waals surface area contributed by atoms with Gasteiger partial charge in [0.05, 0.1) is 6.10 Å². The van der Waals surface area contributed by atoms with Crippen LogP contribution in [0.4, 0.5) is 0 Å². The van der Waals surface area contributed by atoms with Gasteiger partial charge >= 0.3 is 0 Å². The van der Waals surface area contributed by atoms with Gasteiger partial charge in [0.25, 0.3) is 0 Å². The number of aliphatic hydroxyl groups is 1. The molecule has 0 radical (unpaired) electrons. The summed E-state index contributed by atoms with van der Waals surface area (Å²) in [6.07, 6.45) is 0.212. The lowest BCUT2D eigenvalue weighted by atomic mass is 9.87. The molecule has 0 amide bonds. The fourth-order valence-corrected chi connectivity index (χ4v) is 2.14. The van der Waals surface area contributed by atoms with Crippen molar-refractivity contribution >= 4 is 11.6 Å². The fourth-order valence-electron chi connectivity index (χ4n) is 1.93. The van der Waals surface area contributed by atoms with E-state index in [0.29, 0.717) is 23.9 Å². The van der Waals surface area contributed by atoms with E-state index < -0.39 is 6.10 Å². The Morgan fingerprint density at radius 1 is 1.38 bits per heavy atom. The first-order valence-electron chi connectivity index (χ1n) is 5.67. The molecule has 0 heterocycles. The highest BCUT2D eigenvalue weighted by Crippen LogP contribution is 2.19. The molecule has 3 N–H and O–H groups in total. The van der Waals surface area contributed by atoms with Crippen LogP contribution in [0.25, 0.3) is 0 Å². The van der Waals surface area contributed by atoms with E-state index in [-0.39, 0.29) is 5.92 Å². The molecule has 2 nitrogen and oxygen atoms in total. The van der Waals surface area contributed by atoms with E-state index in [1.807, 2.05) is 24.3 Å². The van der Waals surface area contributed by atoms with Crippen molar-refractivity contribution in [2.45, 2.75) is 26.4 Å². The summed E-state index contributed by atoms with van der Waals surface area (Å²) in [6, 6.07) is 7.60. The molecular weight excluding hydrogens is 222 g/mol. The second-order valence-electron chi connectivity index (χ2n) is 4.54. The molecule has 0 saturated carbocycles. The third-order valence-corrected chi connectivity index (χ3v) is 3.19. The second-order valence-corrected chi connectivity index (χ2v) is 4.98. The van der Waals surface area contributed by atoms with Gasteiger partial charge in [-0.2, -0.15) is 0 Å². The normalized spacial score (nSPS) is 15.1. The zero-order chi connectivity index (χ0) is 12.1. The molecule has 0 aliphatic rings. The van der Waals surface area contributed by atoms with Crippen LogP contribution in [0.2, 0.25) is 5.02 Å². The van der Waals surface area contributed by atoms with Gasteiger partial charge in [-0.3, -0.25) is 0 Å².